The molecule has 0 bridgehead atoms. The fraction of sp³-hybridized carbons (Fsp3) is 0.0769. The molecule has 3 rings (SSSR count). The van der Waals surface area contributed by atoms with Gasteiger partial charge in [-0.1, -0.05) is 6.07 Å². The molecule has 0 aliphatic rings. The standard InChI is InChI=1S/C13H11N3S/c1-17-9-5-6-10-12(8-9)16-13(15-10)11-4-2-3-7-14-11/h2-8H,1H3,(H,15,16). The van der Waals surface area contributed by atoms with Crippen LogP contribution in [0.15, 0.2) is 47.5 Å². The lowest BCUT2D eigenvalue weighted by atomic mass is 10.3. The molecule has 2 heterocycles. The number of aromatic nitrogens is 3. The van der Waals surface area contributed by atoms with Gasteiger partial charge in [0.05, 0.1) is 11.0 Å². The molecule has 0 spiro atoms. The van der Waals surface area contributed by atoms with Crippen LogP contribution in [-0.2, 0) is 0 Å². The molecule has 3 nitrogen and oxygen atoms in total. The minimum Gasteiger partial charge on any atom is -0.337 e. The first-order valence-corrected chi connectivity index (χ1v) is 6.54. The van der Waals surface area contributed by atoms with Crippen molar-refractivity contribution in [2.75, 3.05) is 6.26 Å². The number of rotatable bonds is 2. The van der Waals surface area contributed by atoms with Gasteiger partial charge in [0, 0.05) is 11.1 Å². The SMILES string of the molecule is CSc1ccc2[nH]c(-c3ccccn3)nc2c1. The van der Waals surface area contributed by atoms with Crippen molar-refractivity contribution in [2.45, 2.75) is 4.90 Å². The molecule has 0 atom stereocenters. The van der Waals surface area contributed by atoms with Crippen LogP contribution < -0.4 is 0 Å². The van der Waals surface area contributed by atoms with Crippen LogP contribution >= 0.6 is 11.8 Å². The maximum Gasteiger partial charge on any atom is 0.157 e. The van der Waals surface area contributed by atoms with Gasteiger partial charge in [-0.15, -0.1) is 11.8 Å². The Hall–Kier alpha value is -1.81. The number of benzene rings is 1. The predicted molar refractivity (Wildman–Crippen MR) is 71.1 cm³/mol. The molecule has 17 heavy (non-hydrogen) atoms. The number of fused-ring (bicyclic) bond motifs is 1. The molecule has 3 aromatic rings. The first-order chi connectivity index (χ1) is 8.36. The summed E-state index contributed by atoms with van der Waals surface area (Å²) in [5, 5.41) is 0. The minimum absolute atomic E-state index is 0.818. The van der Waals surface area contributed by atoms with E-state index in [1.807, 2.05) is 18.2 Å². The molecule has 0 aliphatic heterocycles. The highest BCUT2D eigenvalue weighted by atomic mass is 32.2. The molecule has 1 aromatic carbocycles. The summed E-state index contributed by atoms with van der Waals surface area (Å²) in [5.41, 5.74) is 2.90. The molecule has 1 N–H and O–H groups in total. The zero-order chi connectivity index (χ0) is 11.7. The fourth-order valence-corrected chi connectivity index (χ4v) is 2.17. The van der Waals surface area contributed by atoms with E-state index >= 15 is 0 Å². The van der Waals surface area contributed by atoms with Crippen molar-refractivity contribution in [1.82, 2.24) is 15.0 Å². The van der Waals surface area contributed by atoms with Crippen molar-refractivity contribution in [1.29, 1.82) is 0 Å². The smallest absolute Gasteiger partial charge is 0.157 e. The van der Waals surface area contributed by atoms with Gasteiger partial charge in [-0.25, -0.2) is 4.98 Å². The number of nitrogens with one attached hydrogen (secondary N) is 1. The van der Waals surface area contributed by atoms with E-state index in [0.29, 0.717) is 0 Å². The number of nitrogens with zero attached hydrogens (tertiary/aromatic N) is 2. The quantitative estimate of drug-likeness (QED) is 0.699. The maximum atomic E-state index is 4.56. The number of imidazole rings is 1. The van der Waals surface area contributed by atoms with Crippen LogP contribution in [-0.4, -0.2) is 21.2 Å². The lowest BCUT2D eigenvalue weighted by molar-refractivity contribution is 1.24. The van der Waals surface area contributed by atoms with E-state index in [-0.39, 0.29) is 0 Å². The second-order valence-corrected chi connectivity index (χ2v) is 4.56. The topological polar surface area (TPSA) is 41.6 Å². The fourth-order valence-electron chi connectivity index (χ4n) is 1.74. The summed E-state index contributed by atoms with van der Waals surface area (Å²) in [6.45, 7) is 0. The van der Waals surface area contributed by atoms with Crippen LogP contribution in [0.3, 0.4) is 0 Å². The predicted octanol–water partition coefficient (Wildman–Crippen LogP) is 3.35. The molecule has 0 saturated carbocycles. The van der Waals surface area contributed by atoms with Gasteiger partial charge < -0.3 is 4.98 Å². The normalized spacial score (nSPS) is 10.9. The summed E-state index contributed by atoms with van der Waals surface area (Å²) in [6.07, 6.45) is 3.84. The first-order valence-electron chi connectivity index (χ1n) is 5.32. The van der Waals surface area contributed by atoms with Crippen molar-refractivity contribution in [3.8, 4) is 11.5 Å². The van der Waals surface area contributed by atoms with E-state index in [1.165, 1.54) is 4.90 Å². The van der Waals surface area contributed by atoms with Crippen LogP contribution in [0.1, 0.15) is 0 Å². The summed E-state index contributed by atoms with van der Waals surface area (Å²) in [4.78, 5) is 13.3. The molecule has 84 valence electrons. The van der Waals surface area contributed by atoms with Crippen LogP contribution in [0.5, 0.6) is 0 Å². The molecule has 0 unspecified atom stereocenters. The molecule has 0 fully saturated rings. The Balaban J connectivity index is 2.14. The third-order valence-electron chi connectivity index (χ3n) is 2.60. The van der Waals surface area contributed by atoms with Crippen molar-refractivity contribution in [3.05, 3.63) is 42.6 Å². The molecular weight excluding hydrogens is 230 g/mol. The summed E-state index contributed by atoms with van der Waals surface area (Å²) < 4.78 is 0. The Labute approximate surface area is 103 Å². The lowest BCUT2D eigenvalue weighted by Crippen LogP contribution is -1.82. The van der Waals surface area contributed by atoms with Crippen LogP contribution in [0, 0.1) is 0 Å². The molecule has 0 saturated heterocycles. The van der Waals surface area contributed by atoms with Gasteiger partial charge in [-0.05, 0) is 36.6 Å². The van der Waals surface area contributed by atoms with Gasteiger partial charge in [0.1, 0.15) is 5.69 Å². The lowest BCUT2D eigenvalue weighted by Gasteiger charge is -1.93. The van der Waals surface area contributed by atoms with Gasteiger partial charge >= 0.3 is 0 Å². The number of aromatic amines is 1. The minimum atomic E-state index is 0.818. The van der Waals surface area contributed by atoms with Gasteiger partial charge in [0.2, 0.25) is 0 Å². The van der Waals surface area contributed by atoms with Gasteiger partial charge in [-0.3, -0.25) is 4.98 Å². The van der Waals surface area contributed by atoms with E-state index in [4.69, 9.17) is 0 Å². The number of hydrogen-bond acceptors (Lipinski definition) is 3. The van der Waals surface area contributed by atoms with Crippen molar-refractivity contribution in [2.24, 2.45) is 0 Å². The summed E-state index contributed by atoms with van der Waals surface area (Å²) in [7, 11) is 0. The maximum absolute atomic E-state index is 4.56. The molecular formula is C13H11N3S. The molecule has 0 aliphatic carbocycles. The number of H-pyrrole nitrogens is 1. The van der Waals surface area contributed by atoms with Crippen molar-refractivity contribution < 1.29 is 0 Å². The molecule has 4 heteroatoms. The first kappa shape index (κ1) is 10.4. The monoisotopic (exact) mass is 241 g/mol. The number of pyridine rings is 1. The van der Waals surface area contributed by atoms with E-state index in [0.717, 1.165) is 22.6 Å². The average molecular weight is 241 g/mol. The molecule has 0 amide bonds. The zero-order valence-electron chi connectivity index (χ0n) is 9.34. The number of thioether (sulfide) groups is 1. The van der Waals surface area contributed by atoms with Gasteiger partial charge in [0.15, 0.2) is 5.82 Å². The van der Waals surface area contributed by atoms with Gasteiger partial charge in [0.25, 0.3) is 0 Å². The van der Waals surface area contributed by atoms with E-state index < -0.39 is 0 Å². The molecule has 0 radical (unpaired) electrons. The van der Waals surface area contributed by atoms with Gasteiger partial charge in [-0.2, -0.15) is 0 Å². The number of hydrogen-bond donors (Lipinski definition) is 1. The Morgan fingerprint density at radius 2 is 2.12 bits per heavy atom. The second kappa shape index (κ2) is 4.22. The Bertz CT molecular complexity index is 646. The average Bonchev–Trinajstić information content (AvgIpc) is 2.82. The highest BCUT2D eigenvalue weighted by Gasteiger charge is 2.06. The van der Waals surface area contributed by atoms with Crippen molar-refractivity contribution >= 4 is 22.8 Å². The van der Waals surface area contributed by atoms with E-state index in [1.54, 1.807) is 18.0 Å². The van der Waals surface area contributed by atoms with Crippen LogP contribution in [0.2, 0.25) is 0 Å². The highest BCUT2D eigenvalue weighted by molar-refractivity contribution is 7.98. The largest absolute Gasteiger partial charge is 0.337 e. The third kappa shape index (κ3) is 1.91. The highest BCUT2D eigenvalue weighted by Crippen LogP contribution is 2.23. The molecule has 2 aromatic heterocycles. The third-order valence-corrected chi connectivity index (χ3v) is 3.32. The van der Waals surface area contributed by atoms with Crippen molar-refractivity contribution in [3.63, 3.8) is 0 Å². The summed E-state index contributed by atoms with van der Waals surface area (Å²) in [6, 6.07) is 12.0. The van der Waals surface area contributed by atoms with E-state index in [2.05, 4.69) is 39.4 Å². The zero-order valence-corrected chi connectivity index (χ0v) is 10.2. The van der Waals surface area contributed by atoms with Crippen LogP contribution in [0.25, 0.3) is 22.6 Å². The van der Waals surface area contributed by atoms with Crippen LogP contribution in [0.4, 0.5) is 0 Å². The summed E-state index contributed by atoms with van der Waals surface area (Å²) >= 11 is 1.72. The Kier molecular flexibility index (Phi) is 2.57. The Morgan fingerprint density at radius 3 is 2.88 bits per heavy atom. The second-order valence-electron chi connectivity index (χ2n) is 3.68. The van der Waals surface area contributed by atoms with E-state index in [9.17, 15) is 0 Å². The summed E-state index contributed by atoms with van der Waals surface area (Å²) in [5.74, 6) is 0.818. The Morgan fingerprint density at radius 1 is 1.18 bits per heavy atom.